The summed E-state index contributed by atoms with van der Waals surface area (Å²) in [5.41, 5.74) is 2.12. The van der Waals surface area contributed by atoms with Gasteiger partial charge in [-0.05, 0) is 25.0 Å². The van der Waals surface area contributed by atoms with Crippen LogP contribution < -0.4 is 4.90 Å². The molecule has 3 aliphatic heterocycles. The molecule has 4 rings (SSSR count). The first-order chi connectivity index (χ1) is 12.1. The molecular weight excluding hydrogens is 320 g/mol. The third-order valence-electron chi connectivity index (χ3n) is 5.47. The van der Waals surface area contributed by atoms with Crippen LogP contribution in [0.1, 0.15) is 31.7 Å². The van der Waals surface area contributed by atoms with Crippen molar-refractivity contribution in [1.29, 1.82) is 0 Å². The van der Waals surface area contributed by atoms with Crippen LogP contribution in [0, 0.1) is 0 Å². The van der Waals surface area contributed by atoms with Gasteiger partial charge in [0, 0.05) is 37.7 Å². The monoisotopic (exact) mass is 344 g/mol. The van der Waals surface area contributed by atoms with Crippen molar-refractivity contribution in [3.63, 3.8) is 0 Å². The Morgan fingerprint density at radius 1 is 1.12 bits per heavy atom. The summed E-state index contributed by atoms with van der Waals surface area (Å²) >= 11 is 0. The smallest absolute Gasteiger partial charge is 0.236 e. The molecule has 0 aromatic heterocycles. The fourth-order valence-electron chi connectivity index (χ4n) is 4.15. The van der Waals surface area contributed by atoms with E-state index in [1.54, 1.807) is 9.80 Å². The van der Waals surface area contributed by atoms with Crippen molar-refractivity contribution < 1.29 is 19.1 Å². The number of hydrogen-bond acceptors (Lipinski definition) is 4. The van der Waals surface area contributed by atoms with Crippen LogP contribution in [0.4, 0.5) is 5.69 Å². The number of rotatable bonds is 2. The molecule has 0 radical (unpaired) electrons. The number of ether oxygens (including phenoxy) is 2. The lowest BCUT2D eigenvalue weighted by Crippen LogP contribution is -2.48. The third-order valence-corrected chi connectivity index (χ3v) is 5.47. The molecule has 134 valence electrons. The minimum atomic E-state index is -0.497. The highest BCUT2D eigenvalue weighted by Gasteiger charge is 2.41. The predicted octanol–water partition coefficient (Wildman–Crippen LogP) is 1.72. The molecule has 25 heavy (non-hydrogen) atoms. The van der Waals surface area contributed by atoms with E-state index in [2.05, 4.69) is 0 Å². The van der Waals surface area contributed by atoms with E-state index in [4.69, 9.17) is 9.47 Å². The van der Waals surface area contributed by atoms with Crippen molar-refractivity contribution in [3.8, 4) is 0 Å². The Morgan fingerprint density at radius 3 is 2.52 bits per heavy atom. The molecule has 2 fully saturated rings. The highest BCUT2D eigenvalue weighted by atomic mass is 16.7. The number of piperidine rings is 1. The number of carbonyl (C=O) groups excluding carboxylic acids is 2. The Bertz CT molecular complexity index is 674. The first-order valence-electron chi connectivity index (χ1n) is 9.04. The number of benzene rings is 1. The lowest BCUT2D eigenvalue weighted by molar-refractivity contribution is -0.187. The molecule has 0 aliphatic carbocycles. The maximum absolute atomic E-state index is 12.8. The molecule has 0 bridgehead atoms. The van der Waals surface area contributed by atoms with Crippen molar-refractivity contribution in [1.82, 2.24) is 4.90 Å². The number of amides is 2. The van der Waals surface area contributed by atoms with E-state index in [0.717, 1.165) is 12.1 Å². The SMILES string of the molecule is CC1Cc2ccccc2N1C(=O)CC(=O)N1CCC2(CC1)OCCO2. The number of nitrogens with zero attached hydrogens (tertiary/aromatic N) is 2. The molecule has 1 aromatic rings. The number of para-hydroxylation sites is 1. The average Bonchev–Trinajstić information content (AvgIpc) is 3.18. The van der Waals surface area contributed by atoms with Gasteiger partial charge >= 0.3 is 0 Å². The van der Waals surface area contributed by atoms with Gasteiger partial charge in [-0.1, -0.05) is 18.2 Å². The van der Waals surface area contributed by atoms with Gasteiger partial charge in [-0.25, -0.2) is 0 Å². The van der Waals surface area contributed by atoms with E-state index in [0.29, 0.717) is 39.1 Å². The van der Waals surface area contributed by atoms with Gasteiger partial charge in [0.05, 0.1) is 13.2 Å². The third kappa shape index (κ3) is 3.04. The summed E-state index contributed by atoms with van der Waals surface area (Å²) in [6.07, 6.45) is 2.12. The Hall–Kier alpha value is -1.92. The highest BCUT2D eigenvalue weighted by molar-refractivity contribution is 6.06. The standard InChI is InChI=1S/C19H24N2O4/c1-14-12-15-4-2-3-5-16(15)21(14)18(23)13-17(22)20-8-6-19(7-9-20)24-10-11-25-19/h2-5,14H,6-13H2,1H3. The maximum Gasteiger partial charge on any atom is 0.236 e. The quantitative estimate of drug-likeness (QED) is 0.767. The number of anilines is 1. The molecule has 1 unspecified atom stereocenters. The van der Waals surface area contributed by atoms with Crippen LogP contribution in [0.5, 0.6) is 0 Å². The summed E-state index contributed by atoms with van der Waals surface area (Å²) in [5, 5.41) is 0. The second kappa shape index (κ2) is 6.42. The van der Waals surface area contributed by atoms with E-state index in [9.17, 15) is 9.59 Å². The fourth-order valence-corrected chi connectivity index (χ4v) is 4.15. The van der Waals surface area contributed by atoms with Gasteiger partial charge < -0.3 is 19.3 Å². The van der Waals surface area contributed by atoms with Crippen LogP contribution >= 0.6 is 0 Å². The van der Waals surface area contributed by atoms with Crippen molar-refractivity contribution in [3.05, 3.63) is 29.8 Å². The summed E-state index contributed by atoms with van der Waals surface area (Å²) in [5.74, 6) is -0.714. The summed E-state index contributed by atoms with van der Waals surface area (Å²) in [6, 6.07) is 8.03. The largest absolute Gasteiger partial charge is 0.347 e. The van der Waals surface area contributed by atoms with Crippen LogP contribution in [-0.2, 0) is 25.5 Å². The van der Waals surface area contributed by atoms with Crippen LogP contribution in [-0.4, -0.2) is 54.8 Å². The van der Waals surface area contributed by atoms with Crippen LogP contribution in [0.25, 0.3) is 0 Å². The summed E-state index contributed by atoms with van der Waals surface area (Å²) in [4.78, 5) is 28.9. The van der Waals surface area contributed by atoms with Crippen LogP contribution in [0.3, 0.4) is 0 Å². The van der Waals surface area contributed by atoms with E-state index in [-0.39, 0.29) is 24.3 Å². The second-order valence-electron chi connectivity index (χ2n) is 7.11. The first-order valence-corrected chi connectivity index (χ1v) is 9.04. The molecule has 3 aliphatic rings. The summed E-state index contributed by atoms with van der Waals surface area (Å²) < 4.78 is 11.4. The highest BCUT2D eigenvalue weighted by Crippen LogP contribution is 2.33. The Labute approximate surface area is 147 Å². The number of hydrogen-bond donors (Lipinski definition) is 0. The summed E-state index contributed by atoms with van der Waals surface area (Å²) in [7, 11) is 0. The summed E-state index contributed by atoms with van der Waals surface area (Å²) in [6.45, 7) is 4.44. The minimum absolute atomic E-state index is 0.0760. The lowest BCUT2D eigenvalue weighted by Gasteiger charge is -2.37. The lowest BCUT2D eigenvalue weighted by atomic mass is 10.0. The molecule has 6 heteroatoms. The second-order valence-corrected chi connectivity index (χ2v) is 7.11. The van der Waals surface area contributed by atoms with Crippen LogP contribution in [0.15, 0.2) is 24.3 Å². The van der Waals surface area contributed by atoms with Gasteiger partial charge in [0.25, 0.3) is 0 Å². The fraction of sp³-hybridized carbons (Fsp3) is 0.579. The van der Waals surface area contributed by atoms with Gasteiger partial charge in [0.2, 0.25) is 11.8 Å². The Morgan fingerprint density at radius 2 is 1.80 bits per heavy atom. The van der Waals surface area contributed by atoms with Crippen molar-refractivity contribution in [2.24, 2.45) is 0 Å². The zero-order chi connectivity index (χ0) is 17.4. The van der Waals surface area contributed by atoms with Gasteiger partial charge in [-0.3, -0.25) is 9.59 Å². The maximum atomic E-state index is 12.8. The van der Waals surface area contributed by atoms with Crippen molar-refractivity contribution >= 4 is 17.5 Å². The van der Waals surface area contributed by atoms with Crippen molar-refractivity contribution in [2.75, 3.05) is 31.2 Å². The topological polar surface area (TPSA) is 59.1 Å². The molecular formula is C19H24N2O4. The Kier molecular flexibility index (Phi) is 4.25. The van der Waals surface area contributed by atoms with Crippen LogP contribution in [0.2, 0.25) is 0 Å². The minimum Gasteiger partial charge on any atom is -0.347 e. The van der Waals surface area contributed by atoms with E-state index < -0.39 is 5.79 Å². The van der Waals surface area contributed by atoms with Gasteiger partial charge in [0.1, 0.15) is 6.42 Å². The number of likely N-dealkylation sites (tertiary alicyclic amines) is 1. The number of carbonyl (C=O) groups is 2. The molecule has 2 saturated heterocycles. The molecule has 0 saturated carbocycles. The average molecular weight is 344 g/mol. The molecule has 3 heterocycles. The van der Waals surface area contributed by atoms with E-state index in [1.165, 1.54) is 5.56 Å². The molecule has 6 nitrogen and oxygen atoms in total. The molecule has 2 amide bonds. The molecule has 1 spiro atoms. The van der Waals surface area contributed by atoms with Gasteiger partial charge in [0.15, 0.2) is 5.79 Å². The molecule has 1 atom stereocenters. The van der Waals surface area contributed by atoms with E-state index in [1.807, 2.05) is 31.2 Å². The first kappa shape index (κ1) is 16.5. The van der Waals surface area contributed by atoms with Gasteiger partial charge in [-0.2, -0.15) is 0 Å². The molecule has 1 aromatic carbocycles. The predicted molar refractivity (Wildman–Crippen MR) is 92.2 cm³/mol. The molecule has 0 N–H and O–H groups in total. The van der Waals surface area contributed by atoms with E-state index >= 15 is 0 Å². The zero-order valence-electron chi connectivity index (χ0n) is 14.6. The normalized spacial score (nSPS) is 24.6. The zero-order valence-corrected chi connectivity index (χ0v) is 14.6. The van der Waals surface area contributed by atoms with Crippen molar-refractivity contribution in [2.45, 2.75) is 44.4 Å². The Balaban J connectivity index is 1.37. The number of fused-ring (bicyclic) bond motifs is 1. The van der Waals surface area contributed by atoms with Gasteiger partial charge in [-0.15, -0.1) is 0 Å².